The standard InChI is InChI=1S/C19H23F3N4O4/c20-19(21,22)14-5-6-15(16(11-14)26(29)30)24-7-9-25(10-8-24)17(27)12-23-18(28)13-3-1-2-4-13/h5-6,11,13H,1-4,7-10,12H2,(H,23,28). The minimum atomic E-state index is -4.67. The molecule has 2 aliphatic rings. The maximum absolute atomic E-state index is 12.9. The Morgan fingerprint density at radius 2 is 1.77 bits per heavy atom. The van der Waals surface area contributed by atoms with E-state index in [4.69, 9.17) is 0 Å². The maximum atomic E-state index is 12.9. The van der Waals surface area contributed by atoms with Gasteiger partial charge in [0.2, 0.25) is 11.8 Å². The molecule has 1 aliphatic heterocycles. The SMILES string of the molecule is O=C(NCC(=O)N1CCN(c2ccc(C(F)(F)F)cc2[N+](=O)[O-])CC1)C1CCCC1. The van der Waals surface area contributed by atoms with Gasteiger partial charge in [-0.25, -0.2) is 0 Å². The Kier molecular flexibility index (Phi) is 6.47. The topological polar surface area (TPSA) is 95.8 Å². The van der Waals surface area contributed by atoms with Gasteiger partial charge in [-0.2, -0.15) is 13.2 Å². The molecular weight excluding hydrogens is 405 g/mol. The Balaban J connectivity index is 1.57. The van der Waals surface area contributed by atoms with Gasteiger partial charge in [-0.15, -0.1) is 0 Å². The number of nitrogens with one attached hydrogen (secondary N) is 1. The third kappa shape index (κ3) is 5.00. The van der Waals surface area contributed by atoms with Crippen molar-refractivity contribution in [3.05, 3.63) is 33.9 Å². The molecule has 1 heterocycles. The molecule has 0 bridgehead atoms. The average Bonchev–Trinajstić information content (AvgIpc) is 3.25. The zero-order chi connectivity index (χ0) is 21.9. The fraction of sp³-hybridized carbons (Fsp3) is 0.579. The lowest BCUT2D eigenvalue weighted by atomic mass is 10.1. The lowest BCUT2D eigenvalue weighted by molar-refractivity contribution is -0.384. The molecule has 1 aliphatic carbocycles. The number of benzene rings is 1. The van der Waals surface area contributed by atoms with E-state index < -0.39 is 22.4 Å². The summed E-state index contributed by atoms with van der Waals surface area (Å²) < 4.78 is 38.6. The number of nitro benzene ring substituents is 1. The van der Waals surface area contributed by atoms with Gasteiger partial charge < -0.3 is 15.1 Å². The van der Waals surface area contributed by atoms with Crippen molar-refractivity contribution >= 4 is 23.2 Å². The Morgan fingerprint density at radius 1 is 1.13 bits per heavy atom. The summed E-state index contributed by atoms with van der Waals surface area (Å²) in [6.45, 7) is 0.908. The Hall–Kier alpha value is -2.85. The molecular formula is C19H23F3N4O4. The number of carbonyl (C=O) groups excluding carboxylic acids is 2. The molecule has 30 heavy (non-hydrogen) atoms. The third-order valence-corrected chi connectivity index (χ3v) is 5.61. The lowest BCUT2D eigenvalue weighted by Gasteiger charge is -2.36. The second-order valence-corrected chi connectivity index (χ2v) is 7.53. The van der Waals surface area contributed by atoms with Crippen LogP contribution in [0.2, 0.25) is 0 Å². The second-order valence-electron chi connectivity index (χ2n) is 7.53. The molecule has 0 aromatic heterocycles. The van der Waals surface area contributed by atoms with Crippen LogP contribution in [0.5, 0.6) is 0 Å². The highest BCUT2D eigenvalue weighted by atomic mass is 19.4. The first kappa shape index (κ1) is 21.8. The van der Waals surface area contributed by atoms with E-state index in [-0.39, 0.29) is 56.1 Å². The van der Waals surface area contributed by atoms with Gasteiger partial charge in [-0.1, -0.05) is 12.8 Å². The Morgan fingerprint density at radius 3 is 2.33 bits per heavy atom. The van der Waals surface area contributed by atoms with Crippen molar-refractivity contribution < 1.29 is 27.7 Å². The van der Waals surface area contributed by atoms with Crippen LogP contribution in [0, 0.1) is 16.0 Å². The number of alkyl halides is 3. The fourth-order valence-electron chi connectivity index (χ4n) is 3.92. The summed E-state index contributed by atoms with van der Waals surface area (Å²) in [6.07, 6.45) is -0.958. The van der Waals surface area contributed by atoms with E-state index in [2.05, 4.69) is 5.32 Å². The number of hydrogen-bond acceptors (Lipinski definition) is 5. The number of carbonyl (C=O) groups is 2. The molecule has 2 fully saturated rings. The zero-order valence-corrected chi connectivity index (χ0v) is 16.3. The molecule has 1 aromatic carbocycles. The van der Waals surface area contributed by atoms with Crippen molar-refractivity contribution in [3.8, 4) is 0 Å². The lowest BCUT2D eigenvalue weighted by Crippen LogP contribution is -2.51. The highest BCUT2D eigenvalue weighted by Gasteiger charge is 2.34. The molecule has 0 unspecified atom stereocenters. The molecule has 0 atom stereocenters. The molecule has 2 amide bonds. The van der Waals surface area contributed by atoms with Gasteiger partial charge >= 0.3 is 6.18 Å². The van der Waals surface area contributed by atoms with Crippen LogP contribution < -0.4 is 10.2 Å². The number of anilines is 1. The first-order valence-electron chi connectivity index (χ1n) is 9.83. The first-order valence-corrected chi connectivity index (χ1v) is 9.83. The first-order chi connectivity index (χ1) is 14.2. The van der Waals surface area contributed by atoms with E-state index in [1.165, 1.54) is 0 Å². The van der Waals surface area contributed by atoms with Crippen LogP contribution in [0.25, 0.3) is 0 Å². The van der Waals surface area contributed by atoms with Crippen molar-refractivity contribution in [1.82, 2.24) is 10.2 Å². The summed E-state index contributed by atoms with van der Waals surface area (Å²) in [4.78, 5) is 38.0. The molecule has 1 aromatic rings. The van der Waals surface area contributed by atoms with Gasteiger partial charge in [0.15, 0.2) is 0 Å². The highest BCUT2D eigenvalue weighted by Crippen LogP contribution is 2.36. The summed E-state index contributed by atoms with van der Waals surface area (Å²) >= 11 is 0. The number of halogens is 3. The number of amides is 2. The van der Waals surface area contributed by atoms with Gasteiger partial charge in [0, 0.05) is 38.2 Å². The number of piperazine rings is 1. The van der Waals surface area contributed by atoms with Crippen LogP contribution in [-0.4, -0.2) is 54.4 Å². The van der Waals surface area contributed by atoms with E-state index in [1.54, 1.807) is 9.80 Å². The monoisotopic (exact) mass is 428 g/mol. The Bertz CT molecular complexity index is 816. The zero-order valence-electron chi connectivity index (χ0n) is 16.3. The summed E-state index contributed by atoms with van der Waals surface area (Å²) in [5.41, 5.74) is -1.60. The number of nitro groups is 1. The summed E-state index contributed by atoms with van der Waals surface area (Å²) in [6, 6.07) is 2.45. The Labute approximate surface area is 171 Å². The largest absolute Gasteiger partial charge is 0.416 e. The number of rotatable bonds is 5. The van der Waals surface area contributed by atoms with E-state index in [0.717, 1.165) is 37.8 Å². The molecule has 0 radical (unpaired) electrons. The van der Waals surface area contributed by atoms with Crippen molar-refractivity contribution in [2.75, 3.05) is 37.6 Å². The van der Waals surface area contributed by atoms with Gasteiger partial charge in [0.05, 0.1) is 17.0 Å². The highest BCUT2D eigenvalue weighted by molar-refractivity contribution is 5.86. The van der Waals surface area contributed by atoms with Crippen LogP contribution in [0.1, 0.15) is 31.2 Å². The summed E-state index contributed by atoms with van der Waals surface area (Å²) in [5.74, 6) is -0.391. The van der Waals surface area contributed by atoms with Crippen molar-refractivity contribution in [3.63, 3.8) is 0 Å². The van der Waals surface area contributed by atoms with Crippen LogP contribution in [0.15, 0.2) is 18.2 Å². The second kappa shape index (κ2) is 8.88. The van der Waals surface area contributed by atoms with E-state index in [0.29, 0.717) is 6.07 Å². The number of nitrogens with zero attached hydrogens (tertiary/aromatic N) is 3. The van der Waals surface area contributed by atoms with E-state index >= 15 is 0 Å². The van der Waals surface area contributed by atoms with Crippen LogP contribution in [0.3, 0.4) is 0 Å². The molecule has 3 rings (SSSR count). The normalized spacial score (nSPS) is 17.8. The van der Waals surface area contributed by atoms with Gasteiger partial charge in [-0.05, 0) is 25.0 Å². The van der Waals surface area contributed by atoms with E-state index in [9.17, 15) is 32.9 Å². The van der Waals surface area contributed by atoms with E-state index in [1.807, 2.05) is 0 Å². The smallest absolute Gasteiger partial charge is 0.362 e. The van der Waals surface area contributed by atoms with Gasteiger partial charge in [0.25, 0.3) is 5.69 Å². The molecule has 0 spiro atoms. The molecule has 1 N–H and O–H groups in total. The van der Waals surface area contributed by atoms with Gasteiger partial charge in [0.1, 0.15) is 5.69 Å². The van der Waals surface area contributed by atoms with Crippen molar-refractivity contribution in [2.45, 2.75) is 31.9 Å². The predicted octanol–water partition coefficient (Wildman–Crippen LogP) is 2.57. The minimum Gasteiger partial charge on any atom is -0.362 e. The van der Waals surface area contributed by atoms with Crippen LogP contribution in [-0.2, 0) is 15.8 Å². The van der Waals surface area contributed by atoms with Crippen LogP contribution in [0.4, 0.5) is 24.5 Å². The predicted molar refractivity (Wildman–Crippen MR) is 102 cm³/mol. The molecule has 11 heteroatoms. The molecule has 8 nitrogen and oxygen atoms in total. The molecule has 1 saturated carbocycles. The fourth-order valence-corrected chi connectivity index (χ4v) is 3.92. The third-order valence-electron chi connectivity index (χ3n) is 5.61. The van der Waals surface area contributed by atoms with Gasteiger partial charge in [-0.3, -0.25) is 19.7 Å². The quantitative estimate of drug-likeness (QED) is 0.575. The summed E-state index contributed by atoms with van der Waals surface area (Å²) in [5, 5.41) is 14.0. The van der Waals surface area contributed by atoms with Crippen molar-refractivity contribution in [1.29, 1.82) is 0 Å². The minimum absolute atomic E-state index is 0.0325. The molecule has 1 saturated heterocycles. The molecule has 164 valence electrons. The average molecular weight is 428 g/mol. The summed E-state index contributed by atoms with van der Waals surface area (Å²) in [7, 11) is 0. The number of hydrogen-bond donors (Lipinski definition) is 1. The maximum Gasteiger partial charge on any atom is 0.416 e. The van der Waals surface area contributed by atoms with Crippen LogP contribution >= 0.6 is 0 Å². The van der Waals surface area contributed by atoms with Crippen molar-refractivity contribution in [2.24, 2.45) is 5.92 Å².